The number of aliphatic hydroxyl groups excluding tert-OH is 3. The summed E-state index contributed by atoms with van der Waals surface area (Å²) in [5.74, 6) is -1.45. The number of nitrogens with one attached hydrogen (secondary N) is 1. The lowest BCUT2D eigenvalue weighted by molar-refractivity contribution is -0.274. The maximum Gasteiger partial charge on any atom is 0.573 e. The third-order valence-corrected chi connectivity index (χ3v) is 6.43. The minimum absolute atomic E-state index is 0.112. The molecule has 0 radical (unpaired) electrons. The van der Waals surface area contributed by atoms with Crippen LogP contribution in [0.15, 0.2) is 36.4 Å². The first-order valence-corrected chi connectivity index (χ1v) is 12.5. The Labute approximate surface area is 220 Å². The zero-order chi connectivity index (χ0) is 28.5. The van der Waals surface area contributed by atoms with E-state index in [0.717, 1.165) is 25.7 Å². The van der Waals surface area contributed by atoms with Gasteiger partial charge in [-0.05, 0) is 42.9 Å². The Morgan fingerprint density at radius 2 is 1.82 bits per heavy atom. The monoisotopic (exact) mass is 546 g/mol. The molecule has 1 aromatic rings. The van der Waals surface area contributed by atoms with Crippen molar-refractivity contribution in [3.8, 4) is 5.75 Å². The number of methoxy groups -OCH3 is 1. The number of ether oxygens (including phenoxy) is 2. The molecule has 1 saturated heterocycles. The minimum Gasteiger partial charge on any atom is -0.406 e. The molecule has 0 spiro atoms. The van der Waals surface area contributed by atoms with E-state index in [4.69, 9.17) is 4.74 Å². The number of nitrogens with zero attached hydrogens (tertiary/aromatic N) is 1. The fourth-order valence-electron chi connectivity index (χ4n) is 4.00. The van der Waals surface area contributed by atoms with Gasteiger partial charge in [0.1, 0.15) is 30.1 Å². The van der Waals surface area contributed by atoms with Gasteiger partial charge in [0.15, 0.2) is 6.10 Å². The first kappa shape index (κ1) is 31.5. The van der Waals surface area contributed by atoms with Crippen molar-refractivity contribution in [2.75, 3.05) is 13.7 Å². The summed E-state index contributed by atoms with van der Waals surface area (Å²) in [5, 5.41) is 33.7. The number of carbonyl (C=O) groups is 2. The summed E-state index contributed by atoms with van der Waals surface area (Å²) in [7, 11) is 1.16. The number of hydrogen-bond donors (Lipinski definition) is 4. The number of allylic oxidation sites excluding steroid dienone is 1. The van der Waals surface area contributed by atoms with Gasteiger partial charge in [-0.3, -0.25) is 9.59 Å². The van der Waals surface area contributed by atoms with Gasteiger partial charge in [-0.15, -0.1) is 13.2 Å². The summed E-state index contributed by atoms with van der Waals surface area (Å²) in [4.78, 5) is 27.6. The topological polar surface area (TPSA) is 129 Å². The largest absolute Gasteiger partial charge is 0.573 e. The lowest BCUT2D eigenvalue weighted by atomic mass is 9.99. The average Bonchev–Trinajstić information content (AvgIpc) is 3.03. The number of carbonyl (C=O) groups excluding carboxylic acids is 2. The second-order valence-corrected chi connectivity index (χ2v) is 9.41. The zero-order valence-electron chi connectivity index (χ0n) is 21.7. The first-order valence-electron chi connectivity index (χ1n) is 12.5. The number of aliphatic hydroxyl groups is 3. The first-order chi connectivity index (χ1) is 17.9. The summed E-state index contributed by atoms with van der Waals surface area (Å²) in [6, 6.07) is 4.23. The Kier molecular flexibility index (Phi) is 12.0. The van der Waals surface area contributed by atoms with Crippen molar-refractivity contribution in [1.82, 2.24) is 10.2 Å². The van der Waals surface area contributed by atoms with E-state index in [1.54, 1.807) is 6.08 Å². The highest BCUT2D eigenvalue weighted by molar-refractivity contribution is 5.89. The molecule has 2 amide bonds. The van der Waals surface area contributed by atoms with Crippen molar-refractivity contribution in [2.45, 2.75) is 82.9 Å². The fraction of sp³-hybridized carbons (Fsp3) is 0.615. The molecule has 0 bridgehead atoms. The Bertz CT molecular complexity index is 926. The molecular formula is C26H37F3N2O7. The molecule has 1 heterocycles. The normalized spacial score (nSPS) is 20.9. The average molecular weight is 547 g/mol. The van der Waals surface area contributed by atoms with Crippen LogP contribution in [-0.2, 0) is 20.9 Å². The van der Waals surface area contributed by atoms with E-state index in [0.29, 0.717) is 31.4 Å². The van der Waals surface area contributed by atoms with Gasteiger partial charge in [-0.25, -0.2) is 0 Å². The lowest BCUT2D eigenvalue weighted by Crippen LogP contribution is -2.55. The Hall–Kier alpha value is -2.67. The molecule has 1 aliphatic heterocycles. The highest BCUT2D eigenvalue weighted by Crippen LogP contribution is 2.24. The molecular weight excluding hydrogens is 509 g/mol. The van der Waals surface area contributed by atoms with Gasteiger partial charge in [0, 0.05) is 20.2 Å². The number of alkyl halides is 3. The molecule has 0 saturated carbocycles. The van der Waals surface area contributed by atoms with E-state index in [9.17, 15) is 38.1 Å². The third-order valence-electron chi connectivity index (χ3n) is 6.43. The van der Waals surface area contributed by atoms with Crippen LogP contribution < -0.4 is 10.1 Å². The van der Waals surface area contributed by atoms with E-state index in [2.05, 4.69) is 10.1 Å². The predicted octanol–water partition coefficient (Wildman–Crippen LogP) is 2.28. The standard InChI is InChI=1S/C26H37F3N2O7/c1-4-16(2)8-13-20(32)21(33)22(34)23(37-3)24(35)30-19-7-5-6-14-31(25(19)36)15-17-9-11-18(12-10-17)38-26(27,28)29/h8-13,16,19-23,32-34H,4-7,14-15H2,1-3H3,(H,30,35)/t16?,19?,20-,21+,22-,23-/m1/s1. The van der Waals surface area contributed by atoms with Crippen LogP contribution in [0.5, 0.6) is 5.75 Å². The van der Waals surface area contributed by atoms with Crippen molar-refractivity contribution < 1.29 is 47.6 Å². The van der Waals surface area contributed by atoms with Crippen LogP contribution in [0.2, 0.25) is 0 Å². The summed E-state index contributed by atoms with van der Waals surface area (Å²) in [5.41, 5.74) is 0.576. The highest BCUT2D eigenvalue weighted by atomic mass is 19.4. The van der Waals surface area contributed by atoms with Gasteiger partial charge >= 0.3 is 6.36 Å². The summed E-state index contributed by atoms with van der Waals surface area (Å²) in [6.07, 6.45) is -5.83. The number of halogens is 3. The molecule has 0 aliphatic carbocycles. The third kappa shape index (κ3) is 9.57. The predicted molar refractivity (Wildman–Crippen MR) is 132 cm³/mol. The van der Waals surface area contributed by atoms with Crippen molar-refractivity contribution in [1.29, 1.82) is 0 Å². The van der Waals surface area contributed by atoms with Crippen molar-refractivity contribution in [3.05, 3.63) is 42.0 Å². The zero-order valence-corrected chi connectivity index (χ0v) is 21.7. The smallest absolute Gasteiger partial charge is 0.406 e. The molecule has 1 fully saturated rings. The summed E-state index contributed by atoms with van der Waals surface area (Å²) < 4.78 is 46.1. The molecule has 1 aromatic carbocycles. The van der Waals surface area contributed by atoms with Crippen LogP contribution in [0.4, 0.5) is 13.2 Å². The maximum absolute atomic E-state index is 13.2. The van der Waals surface area contributed by atoms with Gasteiger partial charge in [0.05, 0.1) is 0 Å². The highest BCUT2D eigenvalue weighted by Gasteiger charge is 2.38. The molecule has 12 heteroatoms. The van der Waals surface area contributed by atoms with Crippen molar-refractivity contribution in [2.24, 2.45) is 5.92 Å². The minimum atomic E-state index is -4.81. The van der Waals surface area contributed by atoms with Crippen LogP contribution in [0.1, 0.15) is 45.1 Å². The number of hydrogen-bond acceptors (Lipinski definition) is 7. The maximum atomic E-state index is 13.2. The molecule has 9 nitrogen and oxygen atoms in total. The number of rotatable bonds is 12. The van der Waals surface area contributed by atoms with Gasteiger partial charge in [-0.2, -0.15) is 0 Å². The fourth-order valence-corrected chi connectivity index (χ4v) is 4.00. The second kappa shape index (κ2) is 14.5. The lowest BCUT2D eigenvalue weighted by Gasteiger charge is -2.29. The molecule has 4 N–H and O–H groups in total. The Morgan fingerprint density at radius 3 is 2.39 bits per heavy atom. The molecule has 2 unspecified atom stereocenters. The molecule has 214 valence electrons. The van der Waals surface area contributed by atoms with Crippen molar-refractivity contribution >= 4 is 11.8 Å². The van der Waals surface area contributed by atoms with E-state index in [1.807, 2.05) is 13.8 Å². The van der Waals surface area contributed by atoms with E-state index >= 15 is 0 Å². The van der Waals surface area contributed by atoms with Crippen LogP contribution in [0.25, 0.3) is 0 Å². The van der Waals surface area contributed by atoms with E-state index in [-0.39, 0.29) is 18.2 Å². The molecule has 2 rings (SSSR count). The number of benzene rings is 1. The van der Waals surface area contributed by atoms with Gasteiger partial charge < -0.3 is 35.0 Å². The van der Waals surface area contributed by atoms with Crippen molar-refractivity contribution in [3.63, 3.8) is 0 Å². The second-order valence-electron chi connectivity index (χ2n) is 9.41. The van der Waals surface area contributed by atoms with Crippen LogP contribution in [0.3, 0.4) is 0 Å². The molecule has 38 heavy (non-hydrogen) atoms. The molecule has 0 aromatic heterocycles. The number of amides is 2. The Balaban J connectivity index is 2.04. The van der Waals surface area contributed by atoms with Crippen LogP contribution in [-0.4, -0.2) is 82.5 Å². The summed E-state index contributed by atoms with van der Waals surface area (Å²) >= 11 is 0. The Morgan fingerprint density at radius 1 is 1.16 bits per heavy atom. The SMILES string of the molecule is CCC(C)C=C[C@@H](O)[C@H](O)[C@@H](O)[C@@H](OC)C(=O)NC1CCCCN(Cc2ccc(OC(F)(F)F)cc2)C1=O. The van der Waals surface area contributed by atoms with E-state index in [1.165, 1.54) is 23.1 Å². The quantitative estimate of drug-likeness (QED) is 0.296. The van der Waals surface area contributed by atoms with Gasteiger partial charge in [0.2, 0.25) is 5.91 Å². The van der Waals surface area contributed by atoms with Crippen LogP contribution in [0, 0.1) is 5.92 Å². The van der Waals surface area contributed by atoms with Crippen LogP contribution >= 0.6 is 0 Å². The molecule has 1 aliphatic rings. The summed E-state index contributed by atoms with van der Waals surface area (Å²) in [6.45, 7) is 4.37. The van der Waals surface area contributed by atoms with Gasteiger partial charge in [-0.1, -0.05) is 44.6 Å². The van der Waals surface area contributed by atoms with E-state index < -0.39 is 48.6 Å². The number of likely N-dealkylation sites (tertiary alicyclic amines) is 1. The van der Waals surface area contributed by atoms with Gasteiger partial charge in [0.25, 0.3) is 5.91 Å². The molecule has 6 atom stereocenters.